The van der Waals surface area contributed by atoms with Gasteiger partial charge in [-0.1, -0.05) is 11.6 Å². The van der Waals surface area contributed by atoms with Crippen LogP contribution in [0.1, 0.15) is 18.5 Å². The highest BCUT2D eigenvalue weighted by Gasteiger charge is 2.33. The van der Waals surface area contributed by atoms with Gasteiger partial charge in [-0.2, -0.15) is 0 Å². The summed E-state index contributed by atoms with van der Waals surface area (Å²) in [5.74, 6) is -0.925. The molecule has 1 atom stereocenters. The fourth-order valence-electron chi connectivity index (χ4n) is 3.20. The van der Waals surface area contributed by atoms with Crippen molar-refractivity contribution >= 4 is 34.6 Å². The van der Waals surface area contributed by atoms with Crippen molar-refractivity contribution in [2.45, 2.75) is 13.0 Å². The zero-order valence-electron chi connectivity index (χ0n) is 13.9. The van der Waals surface area contributed by atoms with E-state index in [0.29, 0.717) is 43.4 Å². The first-order chi connectivity index (χ1) is 12.0. The number of rotatable bonds is 4. The minimum atomic E-state index is -0.925. The number of halogens is 1. The van der Waals surface area contributed by atoms with Gasteiger partial charge in [0.1, 0.15) is 6.04 Å². The number of aromatic amines is 1. The molecule has 2 N–H and O–H groups in total. The highest BCUT2D eigenvalue weighted by molar-refractivity contribution is 6.31. The molecule has 1 aromatic heterocycles. The molecule has 1 saturated heterocycles. The normalized spacial score (nSPS) is 16.8. The smallest absolute Gasteiger partial charge is 0.409 e. The van der Waals surface area contributed by atoms with Crippen molar-refractivity contribution in [2.24, 2.45) is 0 Å². The van der Waals surface area contributed by atoms with Crippen molar-refractivity contribution in [1.29, 1.82) is 0 Å². The van der Waals surface area contributed by atoms with E-state index in [9.17, 15) is 14.7 Å². The fourth-order valence-corrected chi connectivity index (χ4v) is 3.38. The van der Waals surface area contributed by atoms with E-state index < -0.39 is 12.0 Å². The number of carbonyl (C=O) groups is 2. The van der Waals surface area contributed by atoms with Crippen molar-refractivity contribution in [1.82, 2.24) is 14.8 Å². The molecular weight excluding hydrogens is 346 g/mol. The fraction of sp³-hybridized carbons (Fsp3) is 0.412. The predicted molar refractivity (Wildman–Crippen MR) is 93.9 cm³/mol. The zero-order chi connectivity index (χ0) is 18.0. The third-order valence-corrected chi connectivity index (χ3v) is 4.64. The Bertz CT molecular complexity index is 783. The van der Waals surface area contributed by atoms with Crippen LogP contribution >= 0.6 is 11.6 Å². The molecule has 134 valence electrons. The average Bonchev–Trinajstić information content (AvgIpc) is 2.98. The summed E-state index contributed by atoms with van der Waals surface area (Å²) < 4.78 is 5.00. The SMILES string of the molecule is CCOC(=O)N1CCN(C(C(=O)O)c2c[nH]c3ccc(Cl)cc23)CC1. The number of aromatic nitrogens is 1. The molecule has 0 spiro atoms. The van der Waals surface area contributed by atoms with Gasteiger partial charge in [0, 0.05) is 53.9 Å². The topological polar surface area (TPSA) is 85.9 Å². The number of fused-ring (bicyclic) bond motifs is 1. The van der Waals surface area contributed by atoms with E-state index in [2.05, 4.69) is 4.98 Å². The maximum absolute atomic E-state index is 11.9. The molecule has 1 aromatic carbocycles. The lowest BCUT2D eigenvalue weighted by Crippen LogP contribution is -2.51. The number of amides is 1. The molecule has 2 aromatic rings. The Labute approximate surface area is 150 Å². The standard InChI is InChI=1S/C17H20ClN3O4/c1-2-25-17(24)21-7-5-20(6-8-21)15(16(22)23)13-10-19-14-4-3-11(18)9-12(13)14/h3-4,9-10,15,19H,2,5-8H2,1H3,(H,22,23). The van der Waals surface area contributed by atoms with Gasteiger partial charge in [0.25, 0.3) is 0 Å². The average molecular weight is 366 g/mol. The van der Waals surface area contributed by atoms with E-state index in [4.69, 9.17) is 16.3 Å². The van der Waals surface area contributed by atoms with E-state index in [1.807, 2.05) is 11.0 Å². The largest absolute Gasteiger partial charge is 0.480 e. The number of carboxylic acids is 1. The summed E-state index contributed by atoms with van der Waals surface area (Å²) in [6.45, 7) is 3.88. The molecule has 1 aliphatic rings. The molecule has 1 fully saturated rings. The van der Waals surface area contributed by atoms with Crippen LogP contribution in [0.4, 0.5) is 4.79 Å². The third-order valence-electron chi connectivity index (χ3n) is 4.41. The lowest BCUT2D eigenvalue weighted by atomic mass is 10.0. The Morgan fingerprint density at radius 1 is 1.32 bits per heavy atom. The number of aliphatic carboxylic acids is 1. The summed E-state index contributed by atoms with van der Waals surface area (Å²) >= 11 is 6.07. The first kappa shape index (κ1) is 17.6. The number of carbonyl (C=O) groups excluding carboxylic acids is 1. The second-order valence-corrected chi connectivity index (χ2v) is 6.33. The Morgan fingerprint density at radius 2 is 2.04 bits per heavy atom. The van der Waals surface area contributed by atoms with E-state index in [0.717, 1.165) is 10.9 Å². The lowest BCUT2D eigenvalue weighted by molar-refractivity contribution is -0.144. The van der Waals surface area contributed by atoms with Gasteiger partial charge in [0.2, 0.25) is 0 Å². The summed E-state index contributed by atoms with van der Waals surface area (Å²) in [6, 6.07) is 4.57. The Kier molecular flexibility index (Phi) is 5.15. The number of nitrogens with one attached hydrogen (secondary N) is 1. The number of benzene rings is 1. The number of ether oxygens (including phenoxy) is 1. The van der Waals surface area contributed by atoms with Crippen LogP contribution < -0.4 is 0 Å². The maximum atomic E-state index is 11.9. The summed E-state index contributed by atoms with van der Waals surface area (Å²) in [5, 5.41) is 11.2. The minimum absolute atomic E-state index is 0.326. The second-order valence-electron chi connectivity index (χ2n) is 5.90. The number of carboxylic acid groups (broad SMARTS) is 1. The van der Waals surface area contributed by atoms with Gasteiger partial charge < -0.3 is 19.7 Å². The molecule has 2 heterocycles. The van der Waals surface area contributed by atoms with E-state index in [1.54, 1.807) is 30.2 Å². The Morgan fingerprint density at radius 3 is 2.68 bits per heavy atom. The molecule has 0 bridgehead atoms. The molecule has 1 amide bonds. The number of hydrogen-bond donors (Lipinski definition) is 2. The van der Waals surface area contributed by atoms with Gasteiger partial charge in [0.15, 0.2) is 0 Å². The third kappa shape index (κ3) is 3.57. The van der Waals surface area contributed by atoms with E-state index in [1.165, 1.54) is 0 Å². The Balaban J connectivity index is 1.82. The highest BCUT2D eigenvalue weighted by atomic mass is 35.5. The molecule has 8 heteroatoms. The number of piperazine rings is 1. The zero-order valence-corrected chi connectivity index (χ0v) is 14.6. The van der Waals surface area contributed by atoms with Crippen LogP contribution in [-0.2, 0) is 9.53 Å². The summed E-state index contributed by atoms with van der Waals surface area (Å²) in [6.07, 6.45) is 1.37. The molecule has 3 rings (SSSR count). The highest BCUT2D eigenvalue weighted by Crippen LogP contribution is 2.31. The van der Waals surface area contributed by atoms with Crippen molar-refractivity contribution in [3.8, 4) is 0 Å². The monoisotopic (exact) mass is 365 g/mol. The van der Waals surface area contributed by atoms with Crippen LogP contribution in [0.15, 0.2) is 24.4 Å². The van der Waals surface area contributed by atoms with Crippen molar-refractivity contribution in [2.75, 3.05) is 32.8 Å². The first-order valence-corrected chi connectivity index (χ1v) is 8.54. The molecule has 0 aliphatic carbocycles. The second kappa shape index (κ2) is 7.33. The minimum Gasteiger partial charge on any atom is -0.480 e. The van der Waals surface area contributed by atoms with Gasteiger partial charge >= 0.3 is 12.1 Å². The van der Waals surface area contributed by atoms with Gasteiger partial charge in [-0.15, -0.1) is 0 Å². The van der Waals surface area contributed by atoms with Crippen molar-refractivity contribution < 1.29 is 19.4 Å². The van der Waals surface area contributed by atoms with Gasteiger partial charge in [0.05, 0.1) is 6.61 Å². The molecule has 1 unspecified atom stereocenters. The van der Waals surface area contributed by atoms with Gasteiger partial charge in [-0.25, -0.2) is 4.79 Å². The lowest BCUT2D eigenvalue weighted by Gasteiger charge is -2.37. The molecule has 1 aliphatic heterocycles. The van der Waals surface area contributed by atoms with Crippen LogP contribution in [0.5, 0.6) is 0 Å². The first-order valence-electron chi connectivity index (χ1n) is 8.16. The van der Waals surface area contributed by atoms with Crippen LogP contribution in [0.25, 0.3) is 10.9 Å². The summed E-state index contributed by atoms with van der Waals surface area (Å²) in [7, 11) is 0. The van der Waals surface area contributed by atoms with Gasteiger partial charge in [-0.05, 0) is 25.1 Å². The number of H-pyrrole nitrogens is 1. The summed E-state index contributed by atoms with van der Waals surface area (Å²) in [4.78, 5) is 30.3. The predicted octanol–water partition coefficient (Wildman–Crippen LogP) is 2.72. The van der Waals surface area contributed by atoms with Crippen LogP contribution in [0.3, 0.4) is 0 Å². The number of hydrogen-bond acceptors (Lipinski definition) is 4. The molecular formula is C17H20ClN3O4. The maximum Gasteiger partial charge on any atom is 0.409 e. The van der Waals surface area contributed by atoms with Crippen molar-refractivity contribution in [3.05, 3.63) is 35.0 Å². The van der Waals surface area contributed by atoms with E-state index in [-0.39, 0.29) is 6.09 Å². The van der Waals surface area contributed by atoms with Crippen molar-refractivity contribution in [3.63, 3.8) is 0 Å². The van der Waals surface area contributed by atoms with Crippen LogP contribution in [0, 0.1) is 0 Å². The van der Waals surface area contributed by atoms with Gasteiger partial charge in [-0.3, -0.25) is 9.69 Å². The van der Waals surface area contributed by atoms with E-state index >= 15 is 0 Å². The summed E-state index contributed by atoms with van der Waals surface area (Å²) in [5.41, 5.74) is 1.52. The molecule has 7 nitrogen and oxygen atoms in total. The number of nitrogens with zero attached hydrogens (tertiary/aromatic N) is 2. The quantitative estimate of drug-likeness (QED) is 0.870. The van der Waals surface area contributed by atoms with Crippen LogP contribution in [0.2, 0.25) is 5.02 Å². The Hall–Kier alpha value is -2.25. The molecule has 0 radical (unpaired) electrons. The van der Waals surface area contributed by atoms with Crippen LogP contribution in [-0.4, -0.2) is 64.7 Å². The molecule has 25 heavy (non-hydrogen) atoms. The molecule has 0 saturated carbocycles.